The third-order valence-corrected chi connectivity index (χ3v) is 4.99. The largest absolute Gasteiger partial charge is 0.354 e. The van der Waals surface area contributed by atoms with Crippen molar-refractivity contribution >= 4 is 38.4 Å². The maximum absolute atomic E-state index is 6.25. The molecule has 0 aliphatic rings. The lowest BCUT2D eigenvalue weighted by Gasteiger charge is -2.06. The fourth-order valence-electron chi connectivity index (χ4n) is 3.06. The van der Waals surface area contributed by atoms with Gasteiger partial charge in [0.1, 0.15) is 0 Å². The number of hydrogen-bond acceptors (Lipinski definition) is 0. The Labute approximate surface area is 154 Å². The molecular weight excluding hydrogens is 382 g/mol. The van der Waals surface area contributed by atoms with Crippen molar-refractivity contribution in [1.29, 1.82) is 0 Å². The van der Waals surface area contributed by atoms with Gasteiger partial charge in [0, 0.05) is 26.8 Å². The lowest BCUT2D eigenvalue weighted by Crippen LogP contribution is -1.90. The molecule has 0 unspecified atom stereocenters. The van der Waals surface area contributed by atoms with Crippen LogP contribution in [-0.2, 0) is 6.42 Å². The summed E-state index contributed by atoms with van der Waals surface area (Å²) in [5.74, 6) is 0. The Kier molecular flexibility index (Phi) is 4.17. The molecule has 0 aliphatic carbocycles. The molecule has 0 spiro atoms. The maximum Gasteiger partial charge on any atom is 0.0500 e. The molecule has 0 saturated heterocycles. The van der Waals surface area contributed by atoms with Crippen LogP contribution in [-0.4, -0.2) is 4.98 Å². The van der Waals surface area contributed by atoms with Gasteiger partial charge in [0.05, 0.1) is 5.69 Å². The molecule has 0 fully saturated rings. The number of halogens is 2. The fraction of sp³-hybridized carbons (Fsp3) is 0.0476. The molecular formula is C21H15BrClN. The van der Waals surface area contributed by atoms with E-state index in [1.165, 1.54) is 22.1 Å². The van der Waals surface area contributed by atoms with Crippen LogP contribution in [0.3, 0.4) is 0 Å². The van der Waals surface area contributed by atoms with Crippen molar-refractivity contribution in [2.24, 2.45) is 0 Å². The Hall–Kier alpha value is -2.03. The number of aromatic nitrogens is 1. The number of hydrogen-bond donors (Lipinski definition) is 1. The van der Waals surface area contributed by atoms with Gasteiger partial charge in [-0.15, -0.1) is 0 Å². The van der Waals surface area contributed by atoms with Gasteiger partial charge >= 0.3 is 0 Å². The lowest BCUT2D eigenvalue weighted by molar-refractivity contribution is 1.21. The van der Waals surface area contributed by atoms with E-state index in [-0.39, 0.29) is 0 Å². The van der Waals surface area contributed by atoms with Gasteiger partial charge in [-0.05, 0) is 47.0 Å². The summed E-state index contributed by atoms with van der Waals surface area (Å²) in [6.45, 7) is 0. The van der Waals surface area contributed by atoms with E-state index in [2.05, 4.69) is 75.5 Å². The van der Waals surface area contributed by atoms with Crippen molar-refractivity contribution in [3.8, 4) is 11.3 Å². The first kappa shape index (κ1) is 15.5. The molecule has 0 aliphatic heterocycles. The highest BCUT2D eigenvalue weighted by Gasteiger charge is 2.14. The second-order valence-corrected chi connectivity index (χ2v) is 7.19. The molecule has 24 heavy (non-hydrogen) atoms. The Morgan fingerprint density at radius 3 is 2.38 bits per heavy atom. The lowest BCUT2D eigenvalue weighted by atomic mass is 9.98. The molecule has 0 amide bonds. The smallest absolute Gasteiger partial charge is 0.0500 e. The minimum absolute atomic E-state index is 0.762. The quantitative estimate of drug-likeness (QED) is 0.390. The normalized spacial score (nSPS) is 11.1. The predicted octanol–water partition coefficient (Wildman–Crippen LogP) is 6.84. The van der Waals surface area contributed by atoms with E-state index >= 15 is 0 Å². The van der Waals surface area contributed by atoms with Crippen molar-refractivity contribution in [2.75, 3.05) is 0 Å². The van der Waals surface area contributed by atoms with Crippen LogP contribution in [0.5, 0.6) is 0 Å². The van der Waals surface area contributed by atoms with Crippen molar-refractivity contribution in [3.63, 3.8) is 0 Å². The Morgan fingerprint density at radius 1 is 0.875 bits per heavy atom. The molecule has 4 aromatic rings. The fourth-order valence-corrected chi connectivity index (χ4v) is 3.50. The van der Waals surface area contributed by atoms with Crippen molar-refractivity contribution in [2.45, 2.75) is 6.42 Å². The van der Waals surface area contributed by atoms with Gasteiger partial charge in [-0.1, -0.05) is 70.0 Å². The molecule has 0 radical (unpaired) electrons. The van der Waals surface area contributed by atoms with E-state index in [0.29, 0.717) is 0 Å². The zero-order valence-electron chi connectivity index (χ0n) is 12.9. The van der Waals surface area contributed by atoms with Crippen LogP contribution in [0.1, 0.15) is 11.1 Å². The summed E-state index contributed by atoms with van der Waals surface area (Å²) in [6.07, 6.45) is 0.859. The Morgan fingerprint density at radius 2 is 1.62 bits per heavy atom. The summed E-state index contributed by atoms with van der Waals surface area (Å²) in [5.41, 5.74) is 6.02. The average molecular weight is 397 g/mol. The second-order valence-electron chi connectivity index (χ2n) is 5.84. The van der Waals surface area contributed by atoms with E-state index in [0.717, 1.165) is 27.1 Å². The van der Waals surface area contributed by atoms with Crippen LogP contribution < -0.4 is 0 Å². The molecule has 4 rings (SSSR count). The molecule has 1 nitrogen and oxygen atoms in total. The van der Waals surface area contributed by atoms with Crippen LogP contribution in [0, 0.1) is 0 Å². The second kappa shape index (κ2) is 6.46. The van der Waals surface area contributed by atoms with Gasteiger partial charge < -0.3 is 4.98 Å². The molecule has 1 N–H and O–H groups in total. The topological polar surface area (TPSA) is 15.8 Å². The minimum atomic E-state index is 0.762. The summed E-state index contributed by atoms with van der Waals surface area (Å²) in [6, 6.07) is 25.0. The first-order valence-electron chi connectivity index (χ1n) is 7.81. The summed E-state index contributed by atoms with van der Waals surface area (Å²) in [7, 11) is 0. The van der Waals surface area contributed by atoms with E-state index in [1.54, 1.807) is 0 Å². The van der Waals surface area contributed by atoms with E-state index in [4.69, 9.17) is 11.6 Å². The summed E-state index contributed by atoms with van der Waals surface area (Å²) in [5, 5.41) is 1.95. The molecule has 0 saturated carbocycles. The maximum atomic E-state index is 6.25. The number of fused-ring (bicyclic) bond motifs is 1. The number of nitrogens with one attached hydrogen (secondary N) is 1. The van der Waals surface area contributed by atoms with Crippen molar-refractivity contribution < 1.29 is 0 Å². The van der Waals surface area contributed by atoms with Gasteiger partial charge in [0.15, 0.2) is 0 Å². The van der Waals surface area contributed by atoms with Crippen LogP contribution in [0.4, 0.5) is 0 Å². The van der Waals surface area contributed by atoms with Gasteiger partial charge in [-0.3, -0.25) is 0 Å². The Balaban J connectivity index is 1.90. The predicted molar refractivity (Wildman–Crippen MR) is 106 cm³/mol. The van der Waals surface area contributed by atoms with Crippen LogP contribution in [0.2, 0.25) is 5.02 Å². The third kappa shape index (κ3) is 3.00. The molecule has 1 aromatic heterocycles. The molecule has 3 aromatic carbocycles. The van der Waals surface area contributed by atoms with Crippen molar-refractivity contribution in [3.05, 3.63) is 93.4 Å². The zero-order chi connectivity index (χ0) is 16.5. The van der Waals surface area contributed by atoms with Gasteiger partial charge in [0.25, 0.3) is 0 Å². The summed E-state index contributed by atoms with van der Waals surface area (Å²) in [4.78, 5) is 3.57. The third-order valence-electron chi connectivity index (χ3n) is 4.22. The molecule has 118 valence electrons. The average Bonchev–Trinajstić information content (AvgIpc) is 2.95. The van der Waals surface area contributed by atoms with Crippen LogP contribution >= 0.6 is 27.5 Å². The Bertz CT molecular complexity index is 988. The highest BCUT2D eigenvalue weighted by Crippen LogP contribution is 2.33. The van der Waals surface area contributed by atoms with E-state index in [1.807, 2.05) is 18.2 Å². The highest BCUT2D eigenvalue weighted by molar-refractivity contribution is 9.10. The number of aromatic amines is 1. The molecule has 0 bridgehead atoms. The standard InChI is InChI=1S/C21H15BrClN/c22-16-8-6-14(7-9-16)12-19-18-13-17(23)10-11-20(18)24-21(19)15-4-2-1-3-5-15/h1-11,13,24H,12H2. The summed E-state index contributed by atoms with van der Waals surface area (Å²) >= 11 is 9.75. The number of H-pyrrole nitrogens is 1. The molecule has 1 heterocycles. The zero-order valence-corrected chi connectivity index (χ0v) is 15.2. The SMILES string of the molecule is Clc1ccc2[nH]c(-c3ccccc3)c(Cc3ccc(Br)cc3)c2c1. The monoisotopic (exact) mass is 395 g/mol. The molecule has 3 heteroatoms. The molecule has 0 atom stereocenters. The van der Waals surface area contributed by atoms with E-state index < -0.39 is 0 Å². The summed E-state index contributed by atoms with van der Waals surface area (Å²) < 4.78 is 1.09. The number of benzene rings is 3. The van der Waals surface area contributed by atoms with Crippen LogP contribution in [0.25, 0.3) is 22.2 Å². The minimum Gasteiger partial charge on any atom is -0.354 e. The highest BCUT2D eigenvalue weighted by atomic mass is 79.9. The number of rotatable bonds is 3. The first-order valence-corrected chi connectivity index (χ1v) is 8.98. The van der Waals surface area contributed by atoms with Gasteiger partial charge in [0.2, 0.25) is 0 Å². The van der Waals surface area contributed by atoms with Gasteiger partial charge in [-0.25, -0.2) is 0 Å². The van der Waals surface area contributed by atoms with Crippen molar-refractivity contribution in [1.82, 2.24) is 4.98 Å². The van der Waals surface area contributed by atoms with Crippen LogP contribution in [0.15, 0.2) is 77.3 Å². The van der Waals surface area contributed by atoms with Gasteiger partial charge in [-0.2, -0.15) is 0 Å². The van der Waals surface area contributed by atoms with E-state index in [9.17, 15) is 0 Å². The first-order chi connectivity index (χ1) is 11.7.